The second-order valence-electron chi connectivity index (χ2n) is 7.71. The molecule has 1 aromatic heterocycles. The second kappa shape index (κ2) is 6.60. The van der Waals surface area contributed by atoms with Crippen LogP contribution in [0.25, 0.3) is 11.1 Å². The van der Waals surface area contributed by atoms with Crippen molar-refractivity contribution in [3.63, 3.8) is 0 Å². The van der Waals surface area contributed by atoms with E-state index in [1.165, 1.54) is 11.1 Å². The van der Waals surface area contributed by atoms with Crippen LogP contribution < -0.4 is 0 Å². The Kier molecular flexibility index (Phi) is 4.05. The molecule has 1 unspecified atom stereocenters. The van der Waals surface area contributed by atoms with Crippen LogP contribution >= 0.6 is 0 Å². The number of hydrogen-bond acceptors (Lipinski definition) is 3. The van der Waals surface area contributed by atoms with Gasteiger partial charge in [-0.2, -0.15) is 5.10 Å². The zero-order valence-corrected chi connectivity index (χ0v) is 16.0. The molecule has 1 amide bonds. The van der Waals surface area contributed by atoms with Crippen LogP contribution in [0.15, 0.2) is 60.9 Å². The molecule has 0 bridgehead atoms. The van der Waals surface area contributed by atoms with Gasteiger partial charge in [-0.25, -0.2) is 0 Å². The Balaban J connectivity index is 1.37. The summed E-state index contributed by atoms with van der Waals surface area (Å²) in [7, 11) is 1.90. The molecule has 5 rings (SSSR count). The second-order valence-corrected chi connectivity index (χ2v) is 7.71. The molecule has 1 aliphatic carbocycles. The van der Waals surface area contributed by atoms with Gasteiger partial charge in [0.05, 0.1) is 19.3 Å². The summed E-state index contributed by atoms with van der Waals surface area (Å²) in [5, 5.41) is 4.21. The Morgan fingerprint density at radius 3 is 2.71 bits per heavy atom. The smallest absolute Gasteiger partial charge is 0.254 e. The Hall–Kier alpha value is -2.92. The van der Waals surface area contributed by atoms with Crippen molar-refractivity contribution in [2.75, 3.05) is 19.7 Å². The molecule has 28 heavy (non-hydrogen) atoms. The molecule has 5 nitrogen and oxygen atoms in total. The zero-order valence-electron chi connectivity index (χ0n) is 16.0. The maximum Gasteiger partial charge on any atom is 0.254 e. The number of amides is 1. The first-order valence-electron chi connectivity index (χ1n) is 9.75. The largest absolute Gasteiger partial charge is 0.367 e. The third-order valence-corrected chi connectivity index (χ3v) is 5.95. The van der Waals surface area contributed by atoms with Crippen molar-refractivity contribution in [3.05, 3.63) is 77.6 Å². The fourth-order valence-electron chi connectivity index (χ4n) is 4.48. The summed E-state index contributed by atoms with van der Waals surface area (Å²) < 4.78 is 8.02. The highest BCUT2D eigenvalue weighted by Gasteiger charge is 2.44. The number of hydrogen-bond donors (Lipinski definition) is 0. The number of rotatable bonds is 2. The summed E-state index contributed by atoms with van der Waals surface area (Å²) >= 11 is 0. The average Bonchev–Trinajstić information content (AvgIpc) is 3.32. The summed E-state index contributed by atoms with van der Waals surface area (Å²) in [5.74, 6) is 0.0739. The van der Waals surface area contributed by atoms with Gasteiger partial charge in [0.25, 0.3) is 5.91 Å². The molecule has 1 fully saturated rings. The SMILES string of the molecule is Cn1cc(-c2ccc(C(=O)N3CCOC4(CCc5ccccc54)C3)cc2)cn1. The van der Waals surface area contributed by atoms with Crippen LogP contribution in [0.2, 0.25) is 0 Å². The lowest BCUT2D eigenvalue weighted by molar-refractivity contribution is -0.103. The van der Waals surface area contributed by atoms with Gasteiger partial charge in [-0.3, -0.25) is 9.48 Å². The molecule has 3 aromatic rings. The van der Waals surface area contributed by atoms with Gasteiger partial charge < -0.3 is 9.64 Å². The lowest BCUT2D eigenvalue weighted by Crippen LogP contribution is -2.51. The molecule has 1 spiro atoms. The Morgan fingerprint density at radius 1 is 1.11 bits per heavy atom. The number of benzene rings is 2. The van der Waals surface area contributed by atoms with Crippen molar-refractivity contribution in [2.24, 2.45) is 7.05 Å². The summed E-state index contributed by atoms with van der Waals surface area (Å²) in [5.41, 5.74) is 5.08. The fraction of sp³-hybridized carbons (Fsp3) is 0.304. The van der Waals surface area contributed by atoms with E-state index in [0.717, 1.165) is 29.5 Å². The molecule has 0 N–H and O–H groups in total. The Morgan fingerprint density at radius 2 is 1.93 bits per heavy atom. The maximum atomic E-state index is 13.2. The number of nitrogens with zero attached hydrogens (tertiary/aromatic N) is 3. The van der Waals surface area contributed by atoms with Gasteiger partial charge in [0.1, 0.15) is 5.60 Å². The summed E-state index contributed by atoms with van der Waals surface area (Å²) in [4.78, 5) is 15.1. The van der Waals surface area contributed by atoms with E-state index in [0.29, 0.717) is 19.7 Å². The minimum Gasteiger partial charge on any atom is -0.367 e. The number of morpholine rings is 1. The van der Waals surface area contributed by atoms with Gasteiger partial charge >= 0.3 is 0 Å². The summed E-state index contributed by atoms with van der Waals surface area (Å²) in [6.07, 6.45) is 5.76. The lowest BCUT2D eigenvalue weighted by Gasteiger charge is -2.41. The third-order valence-electron chi connectivity index (χ3n) is 5.95. The van der Waals surface area contributed by atoms with E-state index >= 15 is 0 Å². The van der Waals surface area contributed by atoms with Crippen LogP contribution in [0.5, 0.6) is 0 Å². The van der Waals surface area contributed by atoms with Crippen LogP contribution in [-0.2, 0) is 23.8 Å². The minimum atomic E-state index is -0.347. The predicted octanol–water partition coefficient (Wildman–Crippen LogP) is 3.40. The van der Waals surface area contributed by atoms with Crippen LogP contribution in [0.3, 0.4) is 0 Å². The Bertz CT molecular complexity index is 1020. The molecular weight excluding hydrogens is 350 g/mol. The number of aromatic nitrogens is 2. The molecule has 2 heterocycles. The normalized spacial score (nSPS) is 21.1. The van der Waals surface area contributed by atoms with E-state index in [1.807, 2.05) is 48.6 Å². The van der Waals surface area contributed by atoms with Crippen molar-refractivity contribution < 1.29 is 9.53 Å². The van der Waals surface area contributed by atoms with E-state index in [-0.39, 0.29) is 11.5 Å². The summed E-state index contributed by atoms with van der Waals surface area (Å²) in [6, 6.07) is 16.3. The number of carbonyl (C=O) groups excluding carboxylic acids is 1. The fourth-order valence-corrected chi connectivity index (χ4v) is 4.48. The van der Waals surface area contributed by atoms with Crippen LogP contribution in [0.4, 0.5) is 0 Å². The van der Waals surface area contributed by atoms with Gasteiger partial charge in [-0.15, -0.1) is 0 Å². The van der Waals surface area contributed by atoms with Crippen molar-refractivity contribution in [3.8, 4) is 11.1 Å². The quantitative estimate of drug-likeness (QED) is 0.692. The van der Waals surface area contributed by atoms with Crippen molar-refractivity contribution in [1.82, 2.24) is 14.7 Å². The van der Waals surface area contributed by atoms with E-state index in [2.05, 4.69) is 29.4 Å². The third kappa shape index (κ3) is 2.83. The zero-order chi connectivity index (χ0) is 19.1. The van der Waals surface area contributed by atoms with Crippen molar-refractivity contribution >= 4 is 5.91 Å². The molecular formula is C23H23N3O2. The van der Waals surface area contributed by atoms with E-state index in [4.69, 9.17) is 4.74 Å². The minimum absolute atomic E-state index is 0.0739. The number of aryl methyl sites for hydroxylation is 2. The molecule has 2 aliphatic rings. The monoisotopic (exact) mass is 373 g/mol. The van der Waals surface area contributed by atoms with Gasteiger partial charge in [-0.1, -0.05) is 36.4 Å². The molecule has 2 aromatic carbocycles. The molecule has 142 valence electrons. The first-order chi connectivity index (χ1) is 13.6. The Labute approximate surface area is 164 Å². The number of ether oxygens (including phenoxy) is 1. The average molecular weight is 373 g/mol. The van der Waals surface area contributed by atoms with Crippen molar-refractivity contribution in [2.45, 2.75) is 18.4 Å². The van der Waals surface area contributed by atoms with E-state index in [1.54, 1.807) is 4.68 Å². The molecule has 5 heteroatoms. The van der Waals surface area contributed by atoms with Crippen LogP contribution in [-0.4, -0.2) is 40.3 Å². The van der Waals surface area contributed by atoms with Gasteiger partial charge in [0.15, 0.2) is 0 Å². The van der Waals surface area contributed by atoms with Crippen LogP contribution in [0.1, 0.15) is 27.9 Å². The van der Waals surface area contributed by atoms with Crippen LogP contribution in [0, 0.1) is 0 Å². The highest BCUT2D eigenvalue weighted by Crippen LogP contribution is 2.42. The first-order valence-corrected chi connectivity index (χ1v) is 9.75. The molecule has 1 atom stereocenters. The van der Waals surface area contributed by atoms with E-state index in [9.17, 15) is 4.79 Å². The van der Waals surface area contributed by atoms with Crippen molar-refractivity contribution in [1.29, 1.82) is 0 Å². The van der Waals surface area contributed by atoms with E-state index < -0.39 is 0 Å². The number of fused-ring (bicyclic) bond motifs is 2. The lowest BCUT2D eigenvalue weighted by atomic mass is 9.93. The molecule has 0 saturated carbocycles. The molecule has 0 radical (unpaired) electrons. The molecule has 1 aliphatic heterocycles. The topological polar surface area (TPSA) is 47.4 Å². The highest BCUT2D eigenvalue weighted by molar-refractivity contribution is 5.94. The highest BCUT2D eigenvalue weighted by atomic mass is 16.5. The summed E-state index contributed by atoms with van der Waals surface area (Å²) in [6.45, 7) is 1.83. The predicted molar refractivity (Wildman–Crippen MR) is 107 cm³/mol. The number of carbonyl (C=O) groups is 1. The van der Waals surface area contributed by atoms with Gasteiger partial charge in [0, 0.05) is 30.9 Å². The maximum absolute atomic E-state index is 13.2. The standard InChI is InChI=1S/C23H23N3O2/c1-25-15-20(14-24-25)17-6-8-19(9-7-17)22(27)26-12-13-28-23(16-26)11-10-18-4-2-3-5-21(18)23/h2-9,14-15H,10-13,16H2,1H3. The molecule has 1 saturated heterocycles. The van der Waals surface area contributed by atoms with Gasteiger partial charge in [-0.05, 0) is 41.7 Å². The first kappa shape index (κ1) is 17.2. The van der Waals surface area contributed by atoms with Gasteiger partial charge in [0.2, 0.25) is 0 Å².